The molecule has 2 aliphatic rings. The highest BCUT2D eigenvalue weighted by Gasteiger charge is 2.31. The minimum Gasteiger partial charge on any atom is -0.344 e. The van der Waals surface area contributed by atoms with Gasteiger partial charge in [0.05, 0.1) is 0 Å². The zero-order chi connectivity index (χ0) is 23.8. The largest absolute Gasteiger partial charge is 0.344 e. The van der Waals surface area contributed by atoms with Gasteiger partial charge in [0.1, 0.15) is 5.82 Å². The molecule has 0 radical (unpaired) electrons. The van der Waals surface area contributed by atoms with E-state index in [0.717, 1.165) is 43.6 Å². The molecule has 1 aromatic heterocycles. The molecule has 0 aliphatic carbocycles. The van der Waals surface area contributed by atoms with Crippen molar-refractivity contribution in [3.63, 3.8) is 0 Å². The van der Waals surface area contributed by atoms with Crippen LogP contribution in [0.15, 0.2) is 48.7 Å². The lowest BCUT2D eigenvalue weighted by molar-refractivity contribution is -0.125. The monoisotopic (exact) mass is 462 g/mol. The van der Waals surface area contributed by atoms with E-state index >= 15 is 0 Å². The summed E-state index contributed by atoms with van der Waals surface area (Å²) in [5, 5.41) is 1.21. The first-order valence-corrected chi connectivity index (χ1v) is 12.1. The summed E-state index contributed by atoms with van der Waals surface area (Å²) in [5.74, 6) is -0.400. The highest BCUT2D eigenvalue weighted by atomic mass is 19.1. The van der Waals surface area contributed by atoms with E-state index in [1.807, 2.05) is 12.1 Å². The normalized spacial score (nSPS) is 17.8. The summed E-state index contributed by atoms with van der Waals surface area (Å²) in [4.78, 5) is 29.4. The van der Waals surface area contributed by atoms with E-state index in [1.54, 1.807) is 4.90 Å². The molecule has 0 saturated carbocycles. The zero-order valence-electron chi connectivity index (χ0n) is 19.8. The molecule has 6 nitrogen and oxygen atoms in total. The summed E-state index contributed by atoms with van der Waals surface area (Å²) in [6, 6.07) is 13.6. The predicted octanol–water partition coefficient (Wildman–Crippen LogP) is 4.68. The first kappa shape index (κ1) is 22.6. The molecule has 2 aliphatic heterocycles. The lowest BCUT2D eigenvalue weighted by Gasteiger charge is -2.34. The first-order valence-electron chi connectivity index (χ1n) is 12.1. The number of likely N-dealkylation sites (tertiary alicyclic amines) is 1. The summed E-state index contributed by atoms with van der Waals surface area (Å²) < 4.78 is 15.9. The van der Waals surface area contributed by atoms with E-state index in [4.69, 9.17) is 0 Å². The van der Waals surface area contributed by atoms with Crippen LogP contribution < -0.4 is 0 Å². The third-order valence-corrected chi connectivity index (χ3v) is 7.26. The number of nitrogens with zero attached hydrogens (tertiary/aromatic N) is 4. The molecule has 34 heavy (non-hydrogen) atoms. The number of halogens is 1. The van der Waals surface area contributed by atoms with E-state index in [-0.39, 0.29) is 17.8 Å². The van der Waals surface area contributed by atoms with Gasteiger partial charge in [-0.1, -0.05) is 23.8 Å². The molecule has 178 valence electrons. The number of urea groups is 1. The van der Waals surface area contributed by atoms with E-state index < -0.39 is 0 Å². The number of fused-ring (bicyclic) bond motifs is 1. The second kappa shape index (κ2) is 9.22. The van der Waals surface area contributed by atoms with Gasteiger partial charge in [0.15, 0.2) is 0 Å². The van der Waals surface area contributed by atoms with Crippen molar-refractivity contribution in [3.05, 3.63) is 60.0 Å². The quantitative estimate of drug-likeness (QED) is 0.553. The molecule has 3 aromatic rings. The third-order valence-electron chi connectivity index (χ3n) is 7.26. The smallest absolute Gasteiger partial charge is 0.326 e. The lowest BCUT2D eigenvalue weighted by atomic mass is 10.0. The lowest BCUT2D eigenvalue weighted by Crippen LogP contribution is -2.42. The van der Waals surface area contributed by atoms with Crippen LogP contribution >= 0.6 is 0 Å². The number of benzene rings is 2. The summed E-state index contributed by atoms with van der Waals surface area (Å²) in [7, 11) is 0. The zero-order valence-corrected chi connectivity index (χ0v) is 19.8. The van der Waals surface area contributed by atoms with E-state index in [2.05, 4.69) is 40.8 Å². The van der Waals surface area contributed by atoms with Crippen LogP contribution in [-0.4, -0.2) is 70.5 Å². The number of carbonyl (C=O) groups is 2. The Morgan fingerprint density at radius 2 is 1.74 bits per heavy atom. The molecule has 2 fully saturated rings. The average Bonchev–Trinajstić information content (AvgIpc) is 3.39. The van der Waals surface area contributed by atoms with Crippen molar-refractivity contribution < 1.29 is 14.0 Å². The maximum atomic E-state index is 13.5. The van der Waals surface area contributed by atoms with Crippen molar-refractivity contribution in [2.45, 2.75) is 32.7 Å². The summed E-state index contributed by atoms with van der Waals surface area (Å²) >= 11 is 0. The van der Waals surface area contributed by atoms with Gasteiger partial charge in [-0.25, -0.2) is 9.18 Å². The van der Waals surface area contributed by atoms with Crippen LogP contribution in [0, 0.1) is 12.7 Å². The van der Waals surface area contributed by atoms with Crippen molar-refractivity contribution in [3.8, 4) is 11.1 Å². The molecule has 0 N–H and O–H groups in total. The minimum atomic E-state index is -0.222. The highest BCUT2D eigenvalue weighted by Crippen LogP contribution is 2.36. The van der Waals surface area contributed by atoms with Gasteiger partial charge in [0.25, 0.3) is 0 Å². The number of imide groups is 1. The molecule has 0 unspecified atom stereocenters. The molecule has 2 aromatic carbocycles. The maximum absolute atomic E-state index is 13.5. The fraction of sp³-hybridized carbons (Fsp3) is 0.407. The molecule has 2 saturated heterocycles. The first-order chi connectivity index (χ1) is 16.4. The van der Waals surface area contributed by atoms with Crippen LogP contribution in [0.1, 0.15) is 31.4 Å². The standard InChI is InChI=1S/C27H31FN4O2/c1-19-3-8-26-24(17-19)25(21-4-6-22(28)7-5-21)18-32(26)23-9-11-29(12-10-23)13-14-30-15-16-31(20(2)33)27(30)34/h3-8,17-18,23H,9-16H2,1-2H3. The van der Waals surface area contributed by atoms with Crippen molar-refractivity contribution in [1.29, 1.82) is 0 Å². The minimum absolute atomic E-state index is 0.162. The molecule has 3 amide bonds. The summed E-state index contributed by atoms with van der Waals surface area (Å²) in [5.41, 5.74) is 4.60. The second-order valence-electron chi connectivity index (χ2n) is 9.49. The van der Waals surface area contributed by atoms with Crippen molar-refractivity contribution in [1.82, 2.24) is 19.3 Å². The van der Waals surface area contributed by atoms with E-state index in [0.29, 0.717) is 25.7 Å². The maximum Gasteiger partial charge on any atom is 0.326 e. The molecule has 0 spiro atoms. The van der Waals surface area contributed by atoms with Gasteiger partial charge in [-0.05, 0) is 49.6 Å². The number of aryl methyl sites for hydroxylation is 1. The number of amides is 3. The molecule has 0 atom stereocenters. The Morgan fingerprint density at radius 3 is 2.41 bits per heavy atom. The van der Waals surface area contributed by atoms with Gasteiger partial charge < -0.3 is 14.4 Å². The molecule has 7 heteroatoms. The molecular formula is C27H31FN4O2. The van der Waals surface area contributed by atoms with E-state index in [1.165, 1.54) is 40.4 Å². The second-order valence-corrected chi connectivity index (χ2v) is 9.49. The van der Waals surface area contributed by atoms with Gasteiger partial charge in [0.2, 0.25) is 5.91 Å². The van der Waals surface area contributed by atoms with Crippen LogP contribution in [0.3, 0.4) is 0 Å². The summed E-state index contributed by atoms with van der Waals surface area (Å²) in [6.45, 7) is 8.10. The Balaban J connectivity index is 1.27. The van der Waals surface area contributed by atoms with Crippen molar-refractivity contribution in [2.75, 3.05) is 39.3 Å². The fourth-order valence-corrected chi connectivity index (χ4v) is 5.30. The van der Waals surface area contributed by atoms with Crippen LogP contribution in [0.4, 0.5) is 9.18 Å². The van der Waals surface area contributed by atoms with Crippen molar-refractivity contribution in [2.24, 2.45) is 0 Å². The van der Waals surface area contributed by atoms with Gasteiger partial charge in [-0.15, -0.1) is 0 Å². The number of rotatable bonds is 5. The van der Waals surface area contributed by atoms with Crippen LogP contribution in [0.5, 0.6) is 0 Å². The van der Waals surface area contributed by atoms with Crippen LogP contribution in [0.25, 0.3) is 22.0 Å². The van der Waals surface area contributed by atoms with Gasteiger partial charge >= 0.3 is 6.03 Å². The van der Waals surface area contributed by atoms with Gasteiger partial charge in [-0.2, -0.15) is 0 Å². The Kier molecular flexibility index (Phi) is 6.13. The number of piperidine rings is 1. The van der Waals surface area contributed by atoms with Crippen LogP contribution in [0.2, 0.25) is 0 Å². The summed E-state index contributed by atoms with van der Waals surface area (Å²) in [6.07, 6.45) is 4.30. The molecule has 5 rings (SSSR count). The number of hydrogen-bond acceptors (Lipinski definition) is 3. The SMILES string of the molecule is CC(=O)N1CCN(CCN2CCC(n3cc(-c4ccc(F)cc4)c4cc(C)ccc43)CC2)C1=O. The van der Waals surface area contributed by atoms with Crippen molar-refractivity contribution >= 4 is 22.8 Å². The number of carbonyl (C=O) groups excluding carboxylic acids is 2. The average molecular weight is 463 g/mol. The Bertz CT molecular complexity index is 1210. The Morgan fingerprint density at radius 1 is 1.00 bits per heavy atom. The topological polar surface area (TPSA) is 48.8 Å². The Labute approximate surface area is 199 Å². The van der Waals surface area contributed by atoms with Crippen LogP contribution in [-0.2, 0) is 4.79 Å². The van der Waals surface area contributed by atoms with Gasteiger partial charge in [-0.3, -0.25) is 9.69 Å². The Hall–Kier alpha value is -3.19. The number of aromatic nitrogens is 1. The molecular weight excluding hydrogens is 431 g/mol. The third kappa shape index (κ3) is 4.32. The predicted molar refractivity (Wildman–Crippen MR) is 131 cm³/mol. The fourth-order valence-electron chi connectivity index (χ4n) is 5.30. The van der Waals surface area contributed by atoms with Gasteiger partial charge in [0, 0.05) is 74.9 Å². The molecule has 0 bridgehead atoms. The highest BCUT2D eigenvalue weighted by molar-refractivity contribution is 5.96. The number of hydrogen-bond donors (Lipinski definition) is 0. The molecule has 3 heterocycles. The van der Waals surface area contributed by atoms with E-state index in [9.17, 15) is 14.0 Å².